The second-order valence-corrected chi connectivity index (χ2v) is 20.5. The molecule has 0 aromatic heterocycles. The standard InChI is InChI=1S/C57H83N7O11/c1-36(2)48(61-45(65)29-19-12-22-32-58-57(74)75-35-42-27-17-11-18-28-42)55(72)63-50(38(5)6)53(70)59-43(33-40-23-13-9-14-24-40)52(69)44(34-41-25-15-10-16-26-41)60-54(71)51(39(7)8)64-56(73)49(37(3)4)62-46(66)30-20-21-31-47(67)68/h9-11,13-18,23-28,36-39,43-44,48-52,69H,12,19-22,29-35H2,1-8H3,(H,58,74)(H,59,70)(H,60,71)(H,61,65)(H,62,66)(H,63,72)(H,64,73)(H,67,68)/t43?,44?,48-,49-,50-,51-,52?/m0/s1. The summed E-state index contributed by atoms with van der Waals surface area (Å²) in [6.45, 7) is 14.7. The Labute approximate surface area is 443 Å². The fourth-order valence-corrected chi connectivity index (χ4v) is 8.31. The lowest BCUT2D eigenvalue weighted by Gasteiger charge is -2.35. The maximum atomic E-state index is 14.5. The third-order valence-corrected chi connectivity index (χ3v) is 12.7. The van der Waals surface area contributed by atoms with Crippen LogP contribution in [-0.2, 0) is 57.7 Å². The number of carboxylic acid groups (broad SMARTS) is 1. The Hall–Kier alpha value is -6.82. The van der Waals surface area contributed by atoms with Crippen molar-refractivity contribution in [2.45, 2.75) is 169 Å². The number of ether oxygens (including phenoxy) is 1. The molecule has 0 aliphatic heterocycles. The van der Waals surface area contributed by atoms with Crippen molar-refractivity contribution in [3.8, 4) is 0 Å². The Morgan fingerprint density at radius 3 is 1.17 bits per heavy atom. The zero-order valence-corrected chi connectivity index (χ0v) is 45.1. The average molecular weight is 1040 g/mol. The lowest BCUT2D eigenvalue weighted by atomic mass is 9.91. The van der Waals surface area contributed by atoms with Gasteiger partial charge in [-0.3, -0.25) is 33.6 Å². The number of unbranched alkanes of at least 4 members (excludes halogenated alkanes) is 3. The van der Waals surface area contributed by atoms with E-state index in [4.69, 9.17) is 9.84 Å². The normalized spacial score (nSPS) is 14.1. The van der Waals surface area contributed by atoms with E-state index in [0.717, 1.165) is 16.7 Å². The fourth-order valence-electron chi connectivity index (χ4n) is 8.31. The average Bonchev–Trinajstić information content (AvgIpc) is 3.37. The van der Waals surface area contributed by atoms with Crippen molar-refractivity contribution in [1.29, 1.82) is 0 Å². The van der Waals surface area contributed by atoms with Crippen LogP contribution in [0.5, 0.6) is 0 Å². The first-order valence-corrected chi connectivity index (χ1v) is 26.4. The predicted octanol–water partition coefficient (Wildman–Crippen LogP) is 5.50. The number of carbonyl (C=O) groups excluding carboxylic acids is 7. The van der Waals surface area contributed by atoms with E-state index < -0.39 is 95.8 Å². The Balaban J connectivity index is 1.76. The maximum absolute atomic E-state index is 14.5. The van der Waals surface area contributed by atoms with Gasteiger partial charge in [-0.05, 0) is 78.9 Å². The molecule has 0 aliphatic carbocycles. The van der Waals surface area contributed by atoms with Crippen LogP contribution in [0, 0.1) is 23.7 Å². The van der Waals surface area contributed by atoms with Gasteiger partial charge in [0.2, 0.25) is 35.4 Å². The predicted molar refractivity (Wildman–Crippen MR) is 286 cm³/mol. The van der Waals surface area contributed by atoms with Gasteiger partial charge >= 0.3 is 12.1 Å². The molecular formula is C57H83N7O11. The number of alkyl carbamates (subject to hydrolysis) is 1. The summed E-state index contributed by atoms with van der Waals surface area (Å²) in [5, 5.41) is 41.4. The molecule has 0 heterocycles. The van der Waals surface area contributed by atoms with Crippen LogP contribution in [0.1, 0.15) is 123 Å². The van der Waals surface area contributed by atoms with Gasteiger partial charge in [-0.15, -0.1) is 0 Å². The molecule has 3 aromatic carbocycles. The lowest BCUT2D eigenvalue weighted by Crippen LogP contribution is -2.63. The molecule has 18 heteroatoms. The summed E-state index contributed by atoms with van der Waals surface area (Å²) in [6, 6.07) is 21.5. The number of carboxylic acids is 1. The van der Waals surface area contributed by atoms with E-state index in [-0.39, 0.29) is 56.5 Å². The third-order valence-electron chi connectivity index (χ3n) is 12.7. The molecule has 0 radical (unpaired) electrons. The molecule has 3 rings (SSSR count). The molecule has 7 atom stereocenters. The van der Waals surface area contributed by atoms with Gasteiger partial charge in [0.1, 0.15) is 30.8 Å². The summed E-state index contributed by atoms with van der Waals surface area (Å²) in [5.41, 5.74) is 2.42. The van der Waals surface area contributed by atoms with Gasteiger partial charge in [0.15, 0.2) is 0 Å². The highest BCUT2D eigenvalue weighted by Crippen LogP contribution is 2.17. The van der Waals surface area contributed by atoms with Crippen molar-refractivity contribution in [1.82, 2.24) is 37.2 Å². The number of benzene rings is 3. The fraction of sp³-hybridized carbons (Fsp3) is 0.544. The number of nitrogens with one attached hydrogen (secondary N) is 7. The van der Waals surface area contributed by atoms with Crippen LogP contribution in [0.4, 0.5) is 4.79 Å². The first-order chi connectivity index (χ1) is 35.7. The highest BCUT2D eigenvalue weighted by molar-refractivity contribution is 5.93. The first-order valence-electron chi connectivity index (χ1n) is 26.4. The summed E-state index contributed by atoms with van der Waals surface area (Å²) in [4.78, 5) is 106. The van der Waals surface area contributed by atoms with E-state index >= 15 is 0 Å². The maximum Gasteiger partial charge on any atom is 0.407 e. The summed E-state index contributed by atoms with van der Waals surface area (Å²) < 4.78 is 5.24. The van der Waals surface area contributed by atoms with Gasteiger partial charge in [-0.2, -0.15) is 0 Å². The minimum Gasteiger partial charge on any atom is -0.481 e. The van der Waals surface area contributed by atoms with Crippen molar-refractivity contribution < 1.29 is 53.3 Å². The molecule has 18 nitrogen and oxygen atoms in total. The number of aliphatic hydroxyl groups is 1. The largest absolute Gasteiger partial charge is 0.481 e. The van der Waals surface area contributed by atoms with E-state index in [1.807, 2.05) is 91.0 Å². The van der Waals surface area contributed by atoms with E-state index in [0.29, 0.717) is 38.6 Å². The molecular weight excluding hydrogens is 959 g/mol. The molecule has 3 aromatic rings. The zero-order valence-electron chi connectivity index (χ0n) is 45.1. The van der Waals surface area contributed by atoms with Gasteiger partial charge < -0.3 is 52.2 Å². The summed E-state index contributed by atoms with van der Waals surface area (Å²) in [5.74, 6) is -5.67. The quantitative estimate of drug-likeness (QED) is 0.0344. The Bertz CT molecular complexity index is 2250. The number of rotatable bonds is 33. The zero-order chi connectivity index (χ0) is 55.5. The van der Waals surface area contributed by atoms with Crippen LogP contribution in [0.25, 0.3) is 0 Å². The van der Waals surface area contributed by atoms with Crippen molar-refractivity contribution in [3.63, 3.8) is 0 Å². The summed E-state index contributed by atoms with van der Waals surface area (Å²) >= 11 is 0. The molecule has 9 N–H and O–H groups in total. The Morgan fingerprint density at radius 1 is 0.440 bits per heavy atom. The highest BCUT2D eigenvalue weighted by atomic mass is 16.5. The third kappa shape index (κ3) is 23.5. The monoisotopic (exact) mass is 1040 g/mol. The van der Waals surface area contributed by atoms with Crippen molar-refractivity contribution in [3.05, 3.63) is 108 Å². The minimum absolute atomic E-state index is 0.0263. The summed E-state index contributed by atoms with van der Waals surface area (Å²) in [6.07, 6.45) is 0.786. The van der Waals surface area contributed by atoms with Crippen LogP contribution in [0.2, 0.25) is 0 Å². The van der Waals surface area contributed by atoms with Crippen LogP contribution in [0.15, 0.2) is 91.0 Å². The smallest absolute Gasteiger partial charge is 0.407 e. The van der Waals surface area contributed by atoms with Crippen LogP contribution >= 0.6 is 0 Å². The number of aliphatic hydroxyl groups excluding tert-OH is 1. The van der Waals surface area contributed by atoms with Gasteiger partial charge in [-0.1, -0.05) is 153 Å². The van der Waals surface area contributed by atoms with E-state index in [2.05, 4.69) is 37.2 Å². The molecule has 0 spiro atoms. The number of aliphatic carboxylic acids is 1. The minimum atomic E-state index is -1.43. The second-order valence-electron chi connectivity index (χ2n) is 20.5. The van der Waals surface area contributed by atoms with Crippen molar-refractivity contribution in [2.75, 3.05) is 6.54 Å². The van der Waals surface area contributed by atoms with Crippen LogP contribution < -0.4 is 37.2 Å². The Kier molecular flexibility index (Phi) is 27.6. The van der Waals surface area contributed by atoms with Gasteiger partial charge in [0.05, 0.1) is 18.2 Å². The Morgan fingerprint density at radius 2 is 0.787 bits per heavy atom. The number of carbonyl (C=O) groups is 8. The molecule has 0 saturated heterocycles. The van der Waals surface area contributed by atoms with Crippen molar-refractivity contribution >= 4 is 47.5 Å². The van der Waals surface area contributed by atoms with Crippen LogP contribution in [0.3, 0.4) is 0 Å². The van der Waals surface area contributed by atoms with E-state index in [9.17, 15) is 43.5 Å². The second kappa shape index (κ2) is 33.2. The molecule has 0 saturated carbocycles. The molecule has 0 bridgehead atoms. The lowest BCUT2D eigenvalue weighted by molar-refractivity contribution is -0.137. The van der Waals surface area contributed by atoms with Crippen molar-refractivity contribution in [2.24, 2.45) is 23.7 Å². The van der Waals surface area contributed by atoms with Gasteiger partial charge in [-0.25, -0.2) is 4.79 Å². The summed E-state index contributed by atoms with van der Waals surface area (Å²) in [7, 11) is 0. The highest BCUT2D eigenvalue weighted by Gasteiger charge is 2.37. The van der Waals surface area contributed by atoms with E-state index in [1.54, 1.807) is 55.4 Å². The molecule has 3 unspecified atom stereocenters. The SMILES string of the molecule is CC(C)[C@H](NC(=O)CCCCCNC(=O)OCc1ccccc1)C(=O)N[C@H](C(=O)NC(Cc1ccccc1)C(O)C(Cc1ccccc1)NC(=O)[C@@H](NC(=O)[C@@H](NC(=O)CCCCC(=O)O)C(C)C)C(C)C)C(C)C. The van der Waals surface area contributed by atoms with Gasteiger partial charge in [0.25, 0.3) is 0 Å². The number of amides is 7. The number of hydrogen-bond donors (Lipinski definition) is 9. The van der Waals surface area contributed by atoms with Gasteiger partial charge in [0, 0.05) is 25.8 Å². The first kappa shape index (κ1) is 62.5. The molecule has 0 fully saturated rings. The topological polar surface area (TPSA) is 270 Å². The molecule has 75 heavy (non-hydrogen) atoms. The molecule has 7 amide bonds. The molecule has 0 aliphatic rings. The van der Waals surface area contributed by atoms with E-state index in [1.165, 1.54) is 0 Å². The number of hydrogen-bond acceptors (Lipinski definition) is 10. The van der Waals surface area contributed by atoms with Crippen LogP contribution in [-0.4, -0.2) is 107 Å². The molecule has 412 valence electrons.